The lowest BCUT2D eigenvalue weighted by atomic mass is 9.98. The SMILES string of the molecule is COCC(ONC(=O)CCCCCCNC(=O)OCC1c2ccccc2-c2ccccc21)C(=O)O. The molecule has 2 aromatic carbocycles. The summed E-state index contributed by atoms with van der Waals surface area (Å²) in [5.74, 6) is -1.57. The molecule has 35 heavy (non-hydrogen) atoms. The maximum atomic E-state index is 12.2. The zero-order chi connectivity index (χ0) is 25.0. The van der Waals surface area contributed by atoms with Crippen molar-refractivity contribution < 1.29 is 33.8 Å². The number of nitrogens with one attached hydrogen (secondary N) is 2. The van der Waals surface area contributed by atoms with Gasteiger partial charge in [-0.05, 0) is 35.1 Å². The summed E-state index contributed by atoms with van der Waals surface area (Å²) in [5, 5.41) is 11.7. The van der Waals surface area contributed by atoms with Gasteiger partial charge < -0.3 is 19.9 Å². The molecule has 0 spiro atoms. The Labute approximate surface area is 204 Å². The second-order valence-electron chi connectivity index (χ2n) is 8.34. The Balaban J connectivity index is 1.27. The first-order valence-corrected chi connectivity index (χ1v) is 11.8. The van der Waals surface area contributed by atoms with Crippen LogP contribution in [0.15, 0.2) is 48.5 Å². The van der Waals surface area contributed by atoms with E-state index in [0.717, 1.165) is 19.3 Å². The van der Waals surface area contributed by atoms with Gasteiger partial charge in [-0.1, -0.05) is 61.4 Å². The number of hydrogen-bond donors (Lipinski definition) is 3. The molecule has 1 aliphatic rings. The van der Waals surface area contributed by atoms with Gasteiger partial charge in [-0.2, -0.15) is 0 Å². The third-order valence-corrected chi connectivity index (χ3v) is 5.85. The molecule has 3 rings (SSSR count). The molecule has 2 amide bonds. The van der Waals surface area contributed by atoms with Gasteiger partial charge in [0, 0.05) is 26.0 Å². The molecular weight excluding hydrogens is 452 g/mol. The van der Waals surface area contributed by atoms with Crippen molar-refractivity contribution in [1.29, 1.82) is 0 Å². The summed E-state index contributed by atoms with van der Waals surface area (Å²) in [7, 11) is 1.35. The van der Waals surface area contributed by atoms with Gasteiger partial charge in [0.25, 0.3) is 0 Å². The van der Waals surface area contributed by atoms with E-state index in [1.54, 1.807) is 0 Å². The predicted molar refractivity (Wildman–Crippen MR) is 129 cm³/mol. The zero-order valence-corrected chi connectivity index (χ0v) is 19.8. The van der Waals surface area contributed by atoms with E-state index in [1.165, 1.54) is 29.4 Å². The monoisotopic (exact) mass is 484 g/mol. The van der Waals surface area contributed by atoms with Crippen molar-refractivity contribution in [2.45, 2.75) is 44.1 Å². The zero-order valence-electron chi connectivity index (χ0n) is 19.8. The number of unbranched alkanes of at least 4 members (excludes halogenated alkanes) is 3. The Morgan fingerprint density at radius 1 is 0.943 bits per heavy atom. The smallest absolute Gasteiger partial charge is 0.407 e. The number of ether oxygens (including phenoxy) is 2. The Morgan fingerprint density at radius 3 is 2.20 bits per heavy atom. The van der Waals surface area contributed by atoms with Gasteiger partial charge in [0.2, 0.25) is 12.0 Å². The van der Waals surface area contributed by atoms with E-state index in [9.17, 15) is 14.4 Å². The molecule has 9 nitrogen and oxygen atoms in total. The second kappa shape index (κ2) is 13.5. The molecule has 1 atom stereocenters. The topological polar surface area (TPSA) is 123 Å². The fourth-order valence-corrected chi connectivity index (χ4v) is 4.10. The molecule has 0 saturated carbocycles. The minimum absolute atomic E-state index is 0.0311. The number of hydrogen-bond acceptors (Lipinski definition) is 6. The number of carboxylic acid groups (broad SMARTS) is 1. The number of aliphatic carboxylic acids is 1. The molecule has 0 fully saturated rings. The first-order valence-electron chi connectivity index (χ1n) is 11.8. The highest BCUT2D eigenvalue weighted by Crippen LogP contribution is 2.44. The average Bonchev–Trinajstić information content (AvgIpc) is 3.18. The lowest BCUT2D eigenvalue weighted by Crippen LogP contribution is -2.37. The quantitative estimate of drug-likeness (QED) is 0.276. The van der Waals surface area contributed by atoms with Gasteiger partial charge in [0.1, 0.15) is 6.61 Å². The maximum Gasteiger partial charge on any atom is 0.407 e. The fourth-order valence-electron chi connectivity index (χ4n) is 4.10. The Bertz CT molecular complexity index is 965. The van der Waals surface area contributed by atoms with E-state index in [1.807, 2.05) is 24.3 Å². The van der Waals surface area contributed by atoms with Crippen molar-refractivity contribution in [3.05, 3.63) is 59.7 Å². The third-order valence-electron chi connectivity index (χ3n) is 5.85. The maximum absolute atomic E-state index is 12.2. The van der Waals surface area contributed by atoms with Crippen molar-refractivity contribution in [3.63, 3.8) is 0 Å². The second-order valence-corrected chi connectivity index (χ2v) is 8.34. The molecule has 0 bridgehead atoms. The number of carbonyl (C=O) groups excluding carboxylic acids is 2. The molecule has 188 valence electrons. The van der Waals surface area contributed by atoms with Gasteiger partial charge in [-0.25, -0.2) is 15.1 Å². The Kier molecular flexibility index (Phi) is 10.1. The first-order chi connectivity index (χ1) is 17.0. The van der Waals surface area contributed by atoms with Crippen LogP contribution in [0.4, 0.5) is 4.79 Å². The molecule has 0 aliphatic heterocycles. The van der Waals surface area contributed by atoms with Gasteiger partial charge >= 0.3 is 12.1 Å². The molecule has 2 aromatic rings. The standard InChI is InChI=1S/C26H32N2O7/c1-33-17-23(25(30)31)35-28-24(29)14-4-2-3-9-15-27-26(32)34-16-22-20-12-7-5-10-18(20)19-11-6-8-13-21(19)22/h5-8,10-13,22-23H,2-4,9,14-17H2,1H3,(H,27,32)(H,28,29)(H,30,31). The first kappa shape index (κ1) is 26.2. The largest absolute Gasteiger partial charge is 0.479 e. The van der Waals surface area contributed by atoms with Crippen LogP contribution in [0, 0.1) is 0 Å². The highest BCUT2D eigenvalue weighted by molar-refractivity contribution is 5.79. The van der Waals surface area contributed by atoms with Crippen molar-refractivity contribution in [3.8, 4) is 11.1 Å². The van der Waals surface area contributed by atoms with E-state index in [0.29, 0.717) is 13.0 Å². The number of carbonyl (C=O) groups is 3. The number of benzene rings is 2. The van der Waals surface area contributed by atoms with E-state index < -0.39 is 18.2 Å². The Hall–Kier alpha value is -3.43. The highest BCUT2D eigenvalue weighted by atomic mass is 16.7. The summed E-state index contributed by atoms with van der Waals surface area (Å²) in [4.78, 5) is 39.7. The lowest BCUT2D eigenvalue weighted by Gasteiger charge is -2.14. The number of methoxy groups -OCH3 is 1. The van der Waals surface area contributed by atoms with E-state index in [-0.39, 0.29) is 31.5 Å². The van der Waals surface area contributed by atoms with Crippen LogP contribution in [0.5, 0.6) is 0 Å². The van der Waals surface area contributed by atoms with Gasteiger partial charge in [-0.3, -0.25) is 9.63 Å². The molecule has 1 aliphatic carbocycles. The van der Waals surface area contributed by atoms with Gasteiger partial charge in [0.15, 0.2) is 0 Å². The molecule has 9 heteroatoms. The van der Waals surface area contributed by atoms with Crippen LogP contribution in [0.2, 0.25) is 0 Å². The summed E-state index contributed by atoms with van der Waals surface area (Å²) in [6.45, 7) is 0.611. The number of hydroxylamine groups is 1. The number of rotatable bonds is 14. The normalized spacial score (nSPS) is 12.9. The number of fused-ring (bicyclic) bond motifs is 3. The van der Waals surface area contributed by atoms with Crippen LogP contribution in [0.25, 0.3) is 11.1 Å². The number of amides is 2. The van der Waals surface area contributed by atoms with Crippen molar-refractivity contribution in [2.24, 2.45) is 0 Å². The van der Waals surface area contributed by atoms with E-state index in [4.69, 9.17) is 19.4 Å². The third kappa shape index (κ3) is 7.53. The molecule has 1 unspecified atom stereocenters. The van der Waals surface area contributed by atoms with E-state index >= 15 is 0 Å². The summed E-state index contributed by atoms with van der Waals surface area (Å²) in [6.07, 6.45) is 1.55. The molecule has 0 radical (unpaired) electrons. The minimum atomic E-state index is -1.24. The van der Waals surface area contributed by atoms with Crippen LogP contribution in [0.1, 0.15) is 49.1 Å². The summed E-state index contributed by atoms with van der Waals surface area (Å²) < 4.78 is 10.2. The Morgan fingerprint density at radius 2 is 1.57 bits per heavy atom. The van der Waals surface area contributed by atoms with Gasteiger partial charge in [0.05, 0.1) is 6.61 Å². The molecule has 0 saturated heterocycles. The van der Waals surface area contributed by atoms with E-state index in [2.05, 4.69) is 35.1 Å². The van der Waals surface area contributed by atoms with Crippen LogP contribution < -0.4 is 10.8 Å². The van der Waals surface area contributed by atoms with Crippen LogP contribution in [-0.4, -0.2) is 56.0 Å². The molecular formula is C26H32N2O7. The summed E-state index contributed by atoms with van der Waals surface area (Å²) in [5.41, 5.74) is 6.87. The van der Waals surface area contributed by atoms with Crippen LogP contribution >= 0.6 is 0 Å². The number of carboxylic acids is 1. The van der Waals surface area contributed by atoms with Crippen molar-refractivity contribution >= 4 is 18.0 Å². The highest BCUT2D eigenvalue weighted by Gasteiger charge is 2.28. The molecule has 0 heterocycles. The lowest BCUT2D eigenvalue weighted by molar-refractivity contribution is -0.164. The van der Waals surface area contributed by atoms with Crippen LogP contribution in [0.3, 0.4) is 0 Å². The van der Waals surface area contributed by atoms with Gasteiger partial charge in [-0.15, -0.1) is 0 Å². The van der Waals surface area contributed by atoms with Crippen molar-refractivity contribution in [1.82, 2.24) is 10.8 Å². The summed E-state index contributed by atoms with van der Waals surface area (Å²) >= 11 is 0. The van der Waals surface area contributed by atoms with Crippen molar-refractivity contribution in [2.75, 3.05) is 26.9 Å². The molecule has 3 N–H and O–H groups in total. The summed E-state index contributed by atoms with van der Waals surface area (Å²) in [6, 6.07) is 16.4. The fraction of sp³-hybridized carbons (Fsp3) is 0.423. The average molecular weight is 485 g/mol. The predicted octanol–water partition coefficient (Wildman–Crippen LogP) is 3.62. The minimum Gasteiger partial charge on any atom is -0.479 e. The van der Waals surface area contributed by atoms with Crippen LogP contribution in [-0.2, 0) is 23.9 Å². The number of alkyl carbamates (subject to hydrolysis) is 1. The molecule has 0 aromatic heterocycles.